The maximum Gasteiger partial charge on any atom is 0.302 e. The van der Waals surface area contributed by atoms with Gasteiger partial charge in [-0.25, -0.2) is 0 Å². The third-order valence-corrected chi connectivity index (χ3v) is 5.15. The smallest absolute Gasteiger partial charge is 0.302 e. The summed E-state index contributed by atoms with van der Waals surface area (Å²) >= 11 is 1.65. The molecule has 6 nitrogen and oxygen atoms in total. The van der Waals surface area contributed by atoms with E-state index in [4.69, 9.17) is 15.2 Å². The lowest BCUT2D eigenvalue weighted by atomic mass is 9.80. The number of rotatable bonds is 10. The van der Waals surface area contributed by atoms with E-state index >= 15 is 0 Å². The van der Waals surface area contributed by atoms with Crippen molar-refractivity contribution in [3.05, 3.63) is 46.7 Å². The van der Waals surface area contributed by atoms with Gasteiger partial charge in [0.1, 0.15) is 13.2 Å². The quantitative estimate of drug-likeness (QED) is 0.614. The lowest BCUT2D eigenvalue weighted by molar-refractivity contribution is -0.154. The second-order valence-electron chi connectivity index (χ2n) is 6.91. The molecular formula is C21H25NO5S. The Bertz CT molecular complexity index is 781. The van der Waals surface area contributed by atoms with Crippen molar-refractivity contribution in [3.63, 3.8) is 0 Å². The molecule has 0 aliphatic rings. The van der Waals surface area contributed by atoms with E-state index < -0.39 is 23.3 Å². The Hall–Kier alpha value is -2.67. The Morgan fingerprint density at radius 1 is 0.964 bits per heavy atom. The van der Waals surface area contributed by atoms with Crippen LogP contribution in [0.1, 0.15) is 32.3 Å². The molecule has 1 amide bonds. The number of carbonyl (C=O) groups is 3. The van der Waals surface area contributed by atoms with Gasteiger partial charge in [-0.05, 0) is 46.4 Å². The van der Waals surface area contributed by atoms with Gasteiger partial charge in [0, 0.05) is 25.7 Å². The van der Waals surface area contributed by atoms with Crippen LogP contribution in [0.5, 0.6) is 0 Å². The molecule has 2 aromatic rings. The van der Waals surface area contributed by atoms with Crippen molar-refractivity contribution in [2.45, 2.75) is 33.1 Å². The maximum absolute atomic E-state index is 11.6. The van der Waals surface area contributed by atoms with E-state index in [0.29, 0.717) is 12.8 Å². The first-order chi connectivity index (χ1) is 13.3. The molecule has 0 saturated heterocycles. The Labute approximate surface area is 168 Å². The highest BCUT2D eigenvalue weighted by Gasteiger charge is 2.35. The Morgan fingerprint density at radius 2 is 1.57 bits per heavy atom. The lowest BCUT2D eigenvalue weighted by Crippen LogP contribution is -2.38. The molecule has 0 saturated carbocycles. The number of aryl methyl sites for hydroxylation is 1. The first-order valence-electron chi connectivity index (χ1n) is 8.96. The summed E-state index contributed by atoms with van der Waals surface area (Å²) in [4.78, 5) is 34.2. The van der Waals surface area contributed by atoms with E-state index in [1.54, 1.807) is 11.3 Å². The summed E-state index contributed by atoms with van der Waals surface area (Å²) in [6.07, 6.45) is 1.06. The molecule has 2 N–H and O–H groups in total. The maximum atomic E-state index is 11.6. The van der Waals surface area contributed by atoms with E-state index in [1.165, 1.54) is 19.4 Å². The van der Waals surface area contributed by atoms with Crippen molar-refractivity contribution in [2.24, 2.45) is 11.1 Å². The highest BCUT2D eigenvalue weighted by atomic mass is 32.1. The molecule has 0 fully saturated rings. The molecule has 0 aliphatic carbocycles. The third-order valence-electron chi connectivity index (χ3n) is 4.46. The number of benzene rings is 1. The van der Waals surface area contributed by atoms with Crippen LogP contribution in [0.2, 0.25) is 0 Å². The summed E-state index contributed by atoms with van der Waals surface area (Å²) in [5, 5.41) is 4.12. The van der Waals surface area contributed by atoms with E-state index in [2.05, 4.69) is 11.4 Å². The Balaban J connectivity index is 2.13. The van der Waals surface area contributed by atoms with Crippen LogP contribution in [-0.4, -0.2) is 31.1 Å². The molecular weight excluding hydrogens is 378 g/mol. The van der Waals surface area contributed by atoms with Gasteiger partial charge in [0.15, 0.2) is 0 Å². The van der Waals surface area contributed by atoms with E-state index in [0.717, 1.165) is 11.1 Å². The predicted octanol–water partition coefficient (Wildman–Crippen LogP) is 3.34. The molecule has 1 heterocycles. The fraction of sp³-hybridized carbons (Fsp3) is 0.381. The number of hydrogen-bond acceptors (Lipinski definition) is 6. The first kappa shape index (κ1) is 21.6. The number of hydrogen-bond donors (Lipinski definition) is 1. The van der Waals surface area contributed by atoms with Gasteiger partial charge in [0.05, 0.1) is 0 Å². The minimum atomic E-state index is -0.852. The Kier molecular flexibility index (Phi) is 7.75. The number of esters is 2. The van der Waals surface area contributed by atoms with Gasteiger partial charge in [0.25, 0.3) is 0 Å². The number of carbonyl (C=O) groups excluding carboxylic acids is 3. The van der Waals surface area contributed by atoms with Crippen molar-refractivity contribution in [1.29, 1.82) is 0 Å². The second-order valence-corrected chi connectivity index (χ2v) is 7.69. The molecule has 2 rings (SSSR count). The summed E-state index contributed by atoms with van der Waals surface area (Å²) in [5.41, 5.74) is 7.93. The SMILES string of the molecule is CC(=O)OCC(CCc1ccc(-c2ccsc2)cc1)(COC(C)=O)CC(N)=O. The number of primary amides is 1. The minimum absolute atomic E-state index is 0.0362. The van der Waals surface area contributed by atoms with Crippen LogP contribution in [0.4, 0.5) is 0 Å². The van der Waals surface area contributed by atoms with Crippen molar-refractivity contribution in [1.82, 2.24) is 0 Å². The van der Waals surface area contributed by atoms with Gasteiger partial charge in [-0.15, -0.1) is 0 Å². The van der Waals surface area contributed by atoms with Crippen LogP contribution >= 0.6 is 11.3 Å². The summed E-state index contributed by atoms with van der Waals surface area (Å²) in [7, 11) is 0. The lowest BCUT2D eigenvalue weighted by Gasteiger charge is -2.31. The summed E-state index contributed by atoms with van der Waals surface area (Å²) in [6, 6.07) is 10.2. The molecule has 28 heavy (non-hydrogen) atoms. The van der Waals surface area contributed by atoms with Crippen LogP contribution in [0.15, 0.2) is 41.1 Å². The highest BCUT2D eigenvalue weighted by molar-refractivity contribution is 7.08. The second kappa shape index (κ2) is 10.0. The zero-order chi connectivity index (χ0) is 20.6. The van der Waals surface area contributed by atoms with Crippen molar-refractivity contribution in [2.75, 3.05) is 13.2 Å². The topological polar surface area (TPSA) is 95.7 Å². The van der Waals surface area contributed by atoms with Crippen LogP contribution in [0.25, 0.3) is 11.1 Å². The molecule has 0 aliphatic heterocycles. The normalized spacial score (nSPS) is 11.1. The summed E-state index contributed by atoms with van der Waals surface area (Å²) < 4.78 is 10.3. The van der Waals surface area contributed by atoms with Crippen LogP contribution in [0.3, 0.4) is 0 Å². The molecule has 0 atom stereocenters. The van der Waals surface area contributed by atoms with Gasteiger partial charge in [-0.2, -0.15) is 11.3 Å². The number of amides is 1. The number of nitrogens with two attached hydrogens (primary N) is 1. The molecule has 7 heteroatoms. The largest absolute Gasteiger partial charge is 0.465 e. The standard InChI is InChI=1S/C21H25NO5S/c1-15(23)26-13-21(11-20(22)25,14-27-16(2)24)9-7-17-3-5-18(6-4-17)19-8-10-28-12-19/h3-6,8,10,12H,7,9,11,13-14H2,1-2H3,(H2,22,25). The molecule has 0 unspecified atom stereocenters. The van der Waals surface area contributed by atoms with Gasteiger partial charge in [0.2, 0.25) is 5.91 Å². The molecule has 0 spiro atoms. The first-order valence-corrected chi connectivity index (χ1v) is 9.90. The summed E-state index contributed by atoms with van der Waals surface area (Å²) in [6.45, 7) is 2.52. The van der Waals surface area contributed by atoms with Gasteiger partial charge < -0.3 is 15.2 Å². The molecule has 0 radical (unpaired) electrons. The Morgan fingerprint density at radius 3 is 2.04 bits per heavy atom. The van der Waals surface area contributed by atoms with Gasteiger partial charge >= 0.3 is 11.9 Å². The van der Waals surface area contributed by atoms with Crippen molar-refractivity contribution < 1.29 is 23.9 Å². The number of thiophene rings is 1. The monoisotopic (exact) mass is 403 g/mol. The van der Waals surface area contributed by atoms with Crippen LogP contribution in [-0.2, 0) is 30.3 Å². The van der Waals surface area contributed by atoms with Crippen LogP contribution in [0, 0.1) is 5.41 Å². The fourth-order valence-electron chi connectivity index (χ4n) is 2.96. The average molecular weight is 404 g/mol. The zero-order valence-corrected chi connectivity index (χ0v) is 16.9. The predicted molar refractivity (Wildman–Crippen MR) is 108 cm³/mol. The van der Waals surface area contributed by atoms with Crippen LogP contribution < -0.4 is 5.73 Å². The average Bonchev–Trinajstić information content (AvgIpc) is 3.17. The molecule has 150 valence electrons. The molecule has 1 aromatic heterocycles. The van der Waals surface area contributed by atoms with Gasteiger partial charge in [-0.1, -0.05) is 24.3 Å². The minimum Gasteiger partial charge on any atom is -0.465 e. The van der Waals surface area contributed by atoms with E-state index in [1.807, 2.05) is 29.6 Å². The molecule has 1 aromatic carbocycles. The third kappa shape index (κ3) is 6.81. The van der Waals surface area contributed by atoms with Gasteiger partial charge in [-0.3, -0.25) is 14.4 Å². The zero-order valence-electron chi connectivity index (χ0n) is 16.1. The number of ether oxygens (including phenoxy) is 2. The highest BCUT2D eigenvalue weighted by Crippen LogP contribution is 2.31. The van der Waals surface area contributed by atoms with E-state index in [-0.39, 0.29) is 19.6 Å². The fourth-order valence-corrected chi connectivity index (χ4v) is 3.62. The van der Waals surface area contributed by atoms with Crippen molar-refractivity contribution >= 4 is 29.2 Å². The van der Waals surface area contributed by atoms with Crippen molar-refractivity contribution in [3.8, 4) is 11.1 Å². The summed E-state index contributed by atoms with van der Waals surface area (Å²) in [5.74, 6) is -1.46. The van der Waals surface area contributed by atoms with E-state index in [9.17, 15) is 14.4 Å². The molecule has 0 bridgehead atoms.